The highest BCUT2D eigenvalue weighted by Crippen LogP contribution is 2.33. The Bertz CT molecular complexity index is 373. The van der Waals surface area contributed by atoms with E-state index in [9.17, 15) is 0 Å². The summed E-state index contributed by atoms with van der Waals surface area (Å²) < 4.78 is 5.27. The Morgan fingerprint density at radius 2 is 2.42 bits per heavy atom. The Balaban J connectivity index is 2.12. The van der Waals surface area contributed by atoms with Crippen molar-refractivity contribution in [3.63, 3.8) is 0 Å². The maximum Gasteiger partial charge on any atom is 0.0481 e. The van der Waals surface area contributed by atoms with Crippen molar-refractivity contribution in [2.24, 2.45) is 0 Å². The quantitative estimate of drug-likeness (QED) is 0.820. The Labute approximate surface area is 116 Å². The van der Waals surface area contributed by atoms with Crippen LogP contribution in [0.2, 0.25) is 0 Å². The number of aromatic nitrogens is 1. The summed E-state index contributed by atoms with van der Waals surface area (Å²) in [7, 11) is 1.78. The van der Waals surface area contributed by atoms with Crippen LogP contribution in [0.3, 0.4) is 0 Å². The van der Waals surface area contributed by atoms with Crippen molar-refractivity contribution in [3.8, 4) is 0 Å². The molecule has 0 saturated heterocycles. The van der Waals surface area contributed by atoms with E-state index in [-0.39, 0.29) is 0 Å². The fraction of sp³-hybridized carbons (Fsp3) is 0.688. The second-order valence-corrected chi connectivity index (χ2v) is 5.39. The van der Waals surface area contributed by atoms with Crippen LogP contribution in [0.15, 0.2) is 18.3 Å². The van der Waals surface area contributed by atoms with Gasteiger partial charge in [-0.25, -0.2) is 0 Å². The zero-order chi connectivity index (χ0) is 13.5. The summed E-state index contributed by atoms with van der Waals surface area (Å²) in [5, 5.41) is 3.69. The molecule has 0 aliphatic heterocycles. The summed E-state index contributed by atoms with van der Waals surface area (Å²) in [6.07, 6.45) is 7.88. The average Bonchev–Trinajstić information content (AvgIpc) is 2.47. The van der Waals surface area contributed by atoms with Gasteiger partial charge in [-0.2, -0.15) is 0 Å². The van der Waals surface area contributed by atoms with Crippen molar-refractivity contribution >= 4 is 0 Å². The van der Waals surface area contributed by atoms with Gasteiger partial charge < -0.3 is 10.1 Å². The molecular formula is C16H26N2O. The number of hydrogen-bond donors (Lipinski definition) is 1. The lowest BCUT2D eigenvalue weighted by Gasteiger charge is -2.32. The van der Waals surface area contributed by atoms with Gasteiger partial charge >= 0.3 is 0 Å². The molecule has 0 spiro atoms. The standard InChI is InChI=1S/C16H26N2O/c1-3-10-17-15(9-12-19-2)14-8-4-6-13-7-5-11-18-16(13)14/h5,7,11,14-15,17H,3-4,6,8-10,12H2,1-2H3. The summed E-state index contributed by atoms with van der Waals surface area (Å²) in [5.41, 5.74) is 2.76. The van der Waals surface area contributed by atoms with Crippen LogP contribution in [0.1, 0.15) is 49.8 Å². The van der Waals surface area contributed by atoms with E-state index in [1.807, 2.05) is 6.20 Å². The number of aryl methyl sites for hydroxylation is 1. The highest BCUT2D eigenvalue weighted by Gasteiger charge is 2.28. The Hall–Kier alpha value is -0.930. The first kappa shape index (κ1) is 14.5. The number of ether oxygens (including phenoxy) is 1. The predicted octanol–water partition coefficient (Wildman–Crippen LogP) is 2.91. The molecule has 2 unspecified atom stereocenters. The molecule has 106 valence electrons. The topological polar surface area (TPSA) is 34.1 Å². The predicted molar refractivity (Wildman–Crippen MR) is 78.5 cm³/mol. The molecular weight excluding hydrogens is 236 g/mol. The Morgan fingerprint density at radius 1 is 1.53 bits per heavy atom. The summed E-state index contributed by atoms with van der Waals surface area (Å²) in [5.74, 6) is 0.548. The van der Waals surface area contributed by atoms with Crippen LogP contribution in [0, 0.1) is 0 Å². The summed E-state index contributed by atoms with van der Waals surface area (Å²) in [4.78, 5) is 4.66. The molecule has 1 aromatic rings. The van der Waals surface area contributed by atoms with E-state index in [0.717, 1.165) is 19.6 Å². The number of hydrogen-bond acceptors (Lipinski definition) is 3. The van der Waals surface area contributed by atoms with Crippen molar-refractivity contribution in [3.05, 3.63) is 29.6 Å². The summed E-state index contributed by atoms with van der Waals surface area (Å²) in [6, 6.07) is 4.79. The smallest absolute Gasteiger partial charge is 0.0481 e. The molecule has 1 aliphatic rings. The molecule has 0 saturated carbocycles. The third-order valence-corrected chi connectivity index (χ3v) is 4.01. The molecule has 0 radical (unpaired) electrons. The first-order valence-electron chi connectivity index (χ1n) is 7.53. The van der Waals surface area contributed by atoms with Gasteiger partial charge in [0.15, 0.2) is 0 Å². The summed E-state index contributed by atoms with van der Waals surface area (Å²) >= 11 is 0. The molecule has 1 N–H and O–H groups in total. The fourth-order valence-corrected chi connectivity index (χ4v) is 3.06. The second kappa shape index (κ2) is 7.61. The van der Waals surface area contributed by atoms with E-state index in [1.54, 1.807) is 7.11 Å². The van der Waals surface area contributed by atoms with Crippen molar-refractivity contribution in [2.45, 2.75) is 51.0 Å². The van der Waals surface area contributed by atoms with Crippen molar-refractivity contribution < 1.29 is 4.74 Å². The van der Waals surface area contributed by atoms with Gasteiger partial charge in [0.2, 0.25) is 0 Å². The molecule has 2 atom stereocenters. The van der Waals surface area contributed by atoms with Gasteiger partial charge in [0.25, 0.3) is 0 Å². The van der Waals surface area contributed by atoms with Gasteiger partial charge in [-0.15, -0.1) is 0 Å². The molecule has 1 heterocycles. The Kier molecular flexibility index (Phi) is 5.80. The minimum absolute atomic E-state index is 0.494. The highest BCUT2D eigenvalue weighted by molar-refractivity contribution is 5.27. The van der Waals surface area contributed by atoms with Gasteiger partial charge in [0, 0.05) is 37.6 Å². The van der Waals surface area contributed by atoms with Crippen LogP contribution < -0.4 is 5.32 Å². The van der Waals surface area contributed by atoms with Crippen molar-refractivity contribution in [1.82, 2.24) is 10.3 Å². The molecule has 0 amide bonds. The van der Waals surface area contributed by atoms with E-state index in [2.05, 4.69) is 29.4 Å². The van der Waals surface area contributed by atoms with Gasteiger partial charge in [-0.05, 0) is 50.3 Å². The van der Waals surface area contributed by atoms with Crippen LogP contribution >= 0.6 is 0 Å². The molecule has 3 heteroatoms. The average molecular weight is 262 g/mol. The lowest BCUT2D eigenvalue weighted by atomic mass is 9.81. The first-order chi connectivity index (χ1) is 9.36. The first-order valence-corrected chi connectivity index (χ1v) is 7.53. The molecule has 3 nitrogen and oxygen atoms in total. The van der Waals surface area contributed by atoms with Gasteiger partial charge in [-0.3, -0.25) is 4.98 Å². The zero-order valence-electron chi connectivity index (χ0n) is 12.2. The van der Waals surface area contributed by atoms with E-state index in [1.165, 1.54) is 36.9 Å². The lowest BCUT2D eigenvalue weighted by Crippen LogP contribution is -2.38. The molecule has 19 heavy (non-hydrogen) atoms. The van der Waals surface area contributed by atoms with E-state index < -0.39 is 0 Å². The summed E-state index contributed by atoms with van der Waals surface area (Å²) in [6.45, 7) is 4.11. The number of rotatable bonds is 7. The number of methoxy groups -OCH3 is 1. The van der Waals surface area contributed by atoms with Crippen LogP contribution in [0.4, 0.5) is 0 Å². The third-order valence-electron chi connectivity index (χ3n) is 4.01. The van der Waals surface area contributed by atoms with Crippen molar-refractivity contribution in [1.29, 1.82) is 0 Å². The van der Waals surface area contributed by atoms with Crippen LogP contribution in [-0.2, 0) is 11.2 Å². The van der Waals surface area contributed by atoms with Gasteiger partial charge in [-0.1, -0.05) is 13.0 Å². The van der Waals surface area contributed by atoms with Crippen LogP contribution in [0.25, 0.3) is 0 Å². The molecule has 0 fully saturated rings. The molecule has 0 bridgehead atoms. The largest absolute Gasteiger partial charge is 0.385 e. The van der Waals surface area contributed by atoms with Crippen LogP contribution in [-0.4, -0.2) is 31.3 Å². The Morgan fingerprint density at radius 3 is 3.21 bits per heavy atom. The van der Waals surface area contributed by atoms with E-state index in [4.69, 9.17) is 4.74 Å². The highest BCUT2D eigenvalue weighted by atomic mass is 16.5. The molecule has 0 aromatic carbocycles. The van der Waals surface area contributed by atoms with Gasteiger partial charge in [0.05, 0.1) is 0 Å². The normalized spacial score (nSPS) is 20.0. The minimum Gasteiger partial charge on any atom is -0.385 e. The zero-order valence-corrected chi connectivity index (χ0v) is 12.2. The molecule has 2 rings (SSSR count). The lowest BCUT2D eigenvalue weighted by molar-refractivity contribution is 0.175. The number of nitrogens with one attached hydrogen (secondary N) is 1. The molecule has 1 aliphatic carbocycles. The number of pyridine rings is 1. The second-order valence-electron chi connectivity index (χ2n) is 5.39. The monoisotopic (exact) mass is 262 g/mol. The minimum atomic E-state index is 0.494. The number of fused-ring (bicyclic) bond motifs is 1. The van der Waals surface area contributed by atoms with E-state index in [0.29, 0.717) is 12.0 Å². The SMILES string of the molecule is CCCNC(CCOC)C1CCCc2cccnc21. The molecule has 1 aromatic heterocycles. The van der Waals surface area contributed by atoms with Gasteiger partial charge in [0.1, 0.15) is 0 Å². The fourth-order valence-electron chi connectivity index (χ4n) is 3.06. The van der Waals surface area contributed by atoms with E-state index >= 15 is 0 Å². The maximum atomic E-state index is 5.27. The van der Waals surface area contributed by atoms with Crippen molar-refractivity contribution in [2.75, 3.05) is 20.3 Å². The maximum absolute atomic E-state index is 5.27. The third kappa shape index (κ3) is 3.77. The number of nitrogens with zero attached hydrogens (tertiary/aromatic N) is 1. The van der Waals surface area contributed by atoms with Crippen LogP contribution in [0.5, 0.6) is 0 Å².